The number of aryl methyl sites for hydroxylation is 1. The molecule has 1 aromatic heterocycles. The number of likely N-dealkylation sites (N-methyl/N-ethyl adjacent to an activating group) is 1. The topological polar surface area (TPSA) is 105 Å². The van der Waals surface area contributed by atoms with Crippen molar-refractivity contribution >= 4 is 11.5 Å². The second kappa shape index (κ2) is 10.1. The van der Waals surface area contributed by atoms with Crippen LogP contribution in [-0.4, -0.2) is 64.8 Å². The molecule has 188 valence electrons. The van der Waals surface area contributed by atoms with Crippen LogP contribution in [0.2, 0.25) is 0 Å². The maximum absolute atomic E-state index is 15.8. The summed E-state index contributed by atoms with van der Waals surface area (Å²) in [4.78, 5) is 22.0. The number of amides is 1. The van der Waals surface area contributed by atoms with E-state index in [0.717, 1.165) is 60.4 Å². The van der Waals surface area contributed by atoms with E-state index < -0.39 is 6.17 Å². The van der Waals surface area contributed by atoms with Gasteiger partial charge in [0.25, 0.3) is 0 Å². The van der Waals surface area contributed by atoms with Gasteiger partial charge in [-0.3, -0.25) is 15.1 Å². The fourth-order valence-electron chi connectivity index (χ4n) is 5.99. The van der Waals surface area contributed by atoms with Crippen molar-refractivity contribution in [2.45, 2.75) is 56.8 Å². The molecular weight excluding hydrogens is 447 g/mol. The molecular formula is C26H35FN6O2. The molecule has 1 saturated carbocycles. The van der Waals surface area contributed by atoms with Gasteiger partial charge in [-0.25, -0.2) is 14.8 Å². The van der Waals surface area contributed by atoms with E-state index in [2.05, 4.69) is 37.1 Å². The molecule has 1 aliphatic carbocycles. The van der Waals surface area contributed by atoms with E-state index >= 15 is 4.39 Å². The Morgan fingerprint density at radius 1 is 1.31 bits per heavy atom. The third kappa shape index (κ3) is 4.72. The fraction of sp³-hybridized carbons (Fsp3) is 0.538. The number of hydrogen-bond acceptors (Lipinski definition) is 6. The second-order valence-electron chi connectivity index (χ2n) is 9.90. The lowest BCUT2D eigenvalue weighted by atomic mass is 9.71. The van der Waals surface area contributed by atoms with Crippen molar-refractivity contribution < 1.29 is 14.3 Å². The van der Waals surface area contributed by atoms with E-state index in [1.54, 1.807) is 19.2 Å². The number of carbonyl (C=O) groups is 1. The minimum absolute atomic E-state index is 0.0126. The average Bonchev–Trinajstić information content (AvgIpc) is 3.52. The summed E-state index contributed by atoms with van der Waals surface area (Å²) in [6, 6.07) is 4.91. The van der Waals surface area contributed by atoms with Crippen molar-refractivity contribution in [3.8, 4) is 5.75 Å². The molecule has 5 N–H and O–H groups in total. The highest BCUT2D eigenvalue weighted by Gasteiger charge is 2.48. The van der Waals surface area contributed by atoms with Gasteiger partial charge in [0, 0.05) is 32.0 Å². The highest BCUT2D eigenvalue weighted by Crippen LogP contribution is 2.45. The summed E-state index contributed by atoms with van der Waals surface area (Å²) < 4.78 is 15.8. The number of phenols is 1. The summed E-state index contributed by atoms with van der Waals surface area (Å²) in [6.45, 7) is 3.97. The number of nitrogens with one attached hydrogen (secondary N) is 4. The third-order valence-electron chi connectivity index (χ3n) is 7.85. The summed E-state index contributed by atoms with van der Waals surface area (Å²) in [7, 11) is 1.66. The van der Waals surface area contributed by atoms with Crippen molar-refractivity contribution in [1.29, 1.82) is 0 Å². The Bertz CT molecular complexity index is 1100. The van der Waals surface area contributed by atoms with Gasteiger partial charge in [0.15, 0.2) is 0 Å². The third-order valence-corrected chi connectivity index (χ3v) is 7.85. The number of carbonyl (C=O) groups excluding carboxylic acids is 1. The largest absolute Gasteiger partial charge is 0.508 e. The van der Waals surface area contributed by atoms with Gasteiger partial charge in [0.2, 0.25) is 5.91 Å². The average molecular weight is 483 g/mol. The van der Waals surface area contributed by atoms with Crippen LogP contribution in [0.5, 0.6) is 5.75 Å². The molecule has 1 saturated heterocycles. The van der Waals surface area contributed by atoms with Crippen LogP contribution in [-0.2, 0) is 11.2 Å². The molecule has 1 aromatic carbocycles. The monoisotopic (exact) mass is 482 g/mol. The molecule has 3 heterocycles. The number of alkyl halides is 1. The fourth-order valence-corrected chi connectivity index (χ4v) is 5.99. The van der Waals surface area contributed by atoms with Crippen LogP contribution >= 0.6 is 0 Å². The Labute approximate surface area is 205 Å². The number of halogens is 1. The zero-order chi connectivity index (χ0) is 24.5. The Kier molecular flexibility index (Phi) is 6.91. The predicted molar refractivity (Wildman–Crippen MR) is 132 cm³/mol. The molecule has 1 amide bonds. The number of aromatic amines is 1. The van der Waals surface area contributed by atoms with Crippen molar-refractivity contribution in [3.05, 3.63) is 53.1 Å². The lowest BCUT2D eigenvalue weighted by Gasteiger charge is -2.36. The zero-order valence-electron chi connectivity index (χ0n) is 20.4. The van der Waals surface area contributed by atoms with Crippen LogP contribution < -0.4 is 16.2 Å². The molecule has 2 fully saturated rings. The van der Waals surface area contributed by atoms with Gasteiger partial charge in [0.05, 0.1) is 30.5 Å². The maximum Gasteiger partial charge on any atom is 0.233 e. The number of hydrazine groups is 1. The lowest BCUT2D eigenvalue weighted by Crippen LogP contribution is -2.45. The van der Waals surface area contributed by atoms with Crippen LogP contribution in [0, 0.1) is 5.92 Å². The van der Waals surface area contributed by atoms with Crippen LogP contribution in [0.15, 0.2) is 30.5 Å². The molecule has 0 bridgehead atoms. The predicted octanol–water partition coefficient (Wildman–Crippen LogP) is 2.56. The summed E-state index contributed by atoms with van der Waals surface area (Å²) in [5.41, 5.74) is 10.6. The normalized spacial score (nSPS) is 29.0. The van der Waals surface area contributed by atoms with Gasteiger partial charge in [0.1, 0.15) is 17.7 Å². The number of aromatic hydroxyl groups is 1. The van der Waals surface area contributed by atoms with Gasteiger partial charge in [-0.2, -0.15) is 0 Å². The van der Waals surface area contributed by atoms with Crippen LogP contribution in [0.3, 0.4) is 0 Å². The number of fused-ring (bicyclic) bond motifs is 1. The quantitative estimate of drug-likeness (QED) is 0.434. The lowest BCUT2D eigenvalue weighted by molar-refractivity contribution is -0.121. The number of imidazole rings is 1. The van der Waals surface area contributed by atoms with E-state index in [-0.39, 0.29) is 35.6 Å². The summed E-state index contributed by atoms with van der Waals surface area (Å²) in [6.07, 6.45) is 6.30. The number of phenolic OH excluding ortho intramolecular Hbond substituents is 1. The van der Waals surface area contributed by atoms with E-state index in [4.69, 9.17) is 0 Å². The number of hydrogen-bond donors (Lipinski definition) is 5. The summed E-state index contributed by atoms with van der Waals surface area (Å²) in [5.74, 6) is 0.958. The first-order valence-electron chi connectivity index (χ1n) is 12.6. The Morgan fingerprint density at radius 2 is 2.17 bits per heavy atom. The van der Waals surface area contributed by atoms with Crippen molar-refractivity contribution in [2.75, 3.05) is 26.7 Å². The SMILES string of the molecule is CCc1cc(O)ccc1C1CCC2C(c3ncc(C4=CCCN(CC(=O)NC)C4)[nH]3)NNC2C1F. The van der Waals surface area contributed by atoms with E-state index in [9.17, 15) is 9.90 Å². The van der Waals surface area contributed by atoms with E-state index in [0.29, 0.717) is 13.1 Å². The smallest absolute Gasteiger partial charge is 0.233 e. The Balaban J connectivity index is 1.28. The van der Waals surface area contributed by atoms with Crippen molar-refractivity contribution in [3.63, 3.8) is 0 Å². The van der Waals surface area contributed by atoms with Gasteiger partial charge < -0.3 is 15.4 Å². The number of rotatable bonds is 6. The van der Waals surface area contributed by atoms with Crippen LogP contribution in [0.1, 0.15) is 60.8 Å². The van der Waals surface area contributed by atoms with Crippen LogP contribution in [0.25, 0.3) is 5.57 Å². The minimum atomic E-state index is -1.03. The molecule has 5 rings (SSSR count). The molecule has 8 nitrogen and oxygen atoms in total. The number of H-pyrrole nitrogens is 1. The molecule has 0 spiro atoms. The Morgan fingerprint density at radius 3 is 2.97 bits per heavy atom. The number of nitrogens with zero attached hydrogens (tertiary/aromatic N) is 2. The van der Waals surface area contributed by atoms with Crippen LogP contribution in [0.4, 0.5) is 4.39 Å². The molecule has 35 heavy (non-hydrogen) atoms. The highest BCUT2D eigenvalue weighted by molar-refractivity contribution is 5.78. The van der Waals surface area contributed by atoms with E-state index in [1.165, 1.54) is 0 Å². The maximum atomic E-state index is 15.8. The summed E-state index contributed by atoms with van der Waals surface area (Å²) >= 11 is 0. The molecule has 5 atom stereocenters. The van der Waals surface area contributed by atoms with E-state index in [1.807, 2.05) is 19.2 Å². The van der Waals surface area contributed by atoms with Gasteiger partial charge in [-0.1, -0.05) is 19.1 Å². The molecule has 3 aliphatic rings. The minimum Gasteiger partial charge on any atom is -0.508 e. The zero-order valence-corrected chi connectivity index (χ0v) is 20.4. The second-order valence-corrected chi connectivity index (χ2v) is 9.90. The van der Waals surface area contributed by atoms with Gasteiger partial charge in [-0.05, 0) is 54.5 Å². The number of aromatic nitrogens is 2. The molecule has 2 aliphatic heterocycles. The van der Waals surface area contributed by atoms with Gasteiger partial charge >= 0.3 is 0 Å². The molecule has 2 aromatic rings. The first kappa shape index (κ1) is 24.0. The molecule has 5 unspecified atom stereocenters. The number of benzene rings is 1. The Hall–Kier alpha value is -2.75. The molecule has 0 radical (unpaired) electrons. The standard InChI is InChI=1S/C26H35FN6O2/c1-3-15-11-17(34)6-7-18(15)19-8-9-20-24(23(19)27)31-32-25(20)26-29-12-21(30-26)16-5-4-10-33(13-16)14-22(35)28-2/h5-7,11-12,19-20,23-25,31-32,34H,3-4,8-10,13-14H2,1-2H3,(H,28,35)(H,29,30). The van der Waals surface area contributed by atoms with Crippen molar-refractivity contribution in [2.24, 2.45) is 5.92 Å². The van der Waals surface area contributed by atoms with Crippen molar-refractivity contribution in [1.82, 2.24) is 31.0 Å². The first-order valence-corrected chi connectivity index (χ1v) is 12.6. The first-order chi connectivity index (χ1) is 17.0. The molecule has 9 heteroatoms. The summed E-state index contributed by atoms with van der Waals surface area (Å²) in [5, 5.41) is 12.5. The van der Waals surface area contributed by atoms with Gasteiger partial charge in [-0.15, -0.1) is 0 Å². The highest BCUT2D eigenvalue weighted by atomic mass is 19.1.